The molecule has 0 spiro atoms. The second-order valence-electron chi connectivity index (χ2n) is 4.66. The first kappa shape index (κ1) is 18.8. The van der Waals surface area contributed by atoms with Gasteiger partial charge in [-0.3, -0.25) is 0 Å². The summed E-state index contributed by atoms with van der Waals surface area (Å²) in [5, 5.41) is 0. The molecule has 0 aliphatic carbocycles. The first-order valence-electron chi connectivity index (χ1n) is 6.70. The van der Waals surface area contributed by atoms with Crippen LogP contribution in [0.2, 0.25) is 0 Å². The van der Waals surface area contributed by atoms with Gasteiger partial charge in [-0.25, -0.2) is 0 Å². The summed E-state index contributed by atoms with van der Waals surface area (Å²) < 4.78 is -0.0840. The van der Waals surface area contributed by atoms with Crippen molar-refractivity contribution in [2.45, 2.75) is 66.9 Å². The van der Waals surface area contributed by atoms with Gasteiger partial charge in [-0.15, -0.1) is 0 Å². The molecule has 4 heteroatoms. The minimum atomic E-state index is -0.0840. The third kappa shape index (κ3) is 11.3. The van der Waals surface area contributed by atoms with E-state index in [1.807, 2.05) is 0 Å². The molecule has 0 radical (unpaired) electrons. The summed E-state index contributed by atoms with van der Waals surface area (Å²) in [6, 6.07) is 0. The van der Waals surface area contributed by atoms with Crippen LogP contribution < -0.4 is 0 Å². The largest absolute Gasteiger partial charge is 0.179 e. The van der Waals surface area contributed by atoms with Gasteiger partial charge >= 0.3 is 0 Å². The lowest BCUT2D eigenvalue weighted by Crippen LogP contribution is -2.17. The first-order chi connectivity index (χ1) is 8.02. The minimum absolute atomic E-state index is 0.0840. The van der Waals surface area contributed by atoms with E-state index in [1.165, 1.54) is 57.8 Å². The fraction of sp³-hybridized carbons (Fsp3) is 1.00. The van der Waals surface area contributed by atoms with Crippen molar-refractivity contribution in [1.82, 2.24) is 0 Å². The van der Waals surface area contributed by atoms with Crippen molar-refractivity contribution in [3.8, 4) is 0 Å². The zero-order chi connectivity index (χ0) is 13.1. The van der Waals surface area contributed by atoms with E-state index in [2.05, 4.69) is 67.3 Å². The summed E-state index contributed by atoms with van der Waals surface area (Å²) >= 11 is 15.3. The number of unbranched alkanes of at least 4 members (excludes halogenated alkanes) is 5. The molecule has 0 aliphatic rings. The van der Waals surface area contributed by atoms with Crippen molar-refractivity contribution in [2.24, 2.45) is 5.92 Å². The molecule has 0 bridgehead atoms. The number of rotatable bonds is 10. The Bertz CT molecular complexity index is 169. The Balaban J connectivity index is 3.69. The van der Waals surface area contributed by atoms with Gasteiger partial charge in [0.05, 0.1) is 0 Å². The highest BCUT2D eigenvalue weighted by atomic mass is 80.0. The first-order valence-corrected chi connectivity index (χ1v) is 9.71. The fourth-order valence-electron chi connectivity index (χ4n) is 1.98. The van der Waals surface area contributed by atoms with Crippen LogP contribution in [0.15, 0.2) is 0 Å². The second-order valence-corrected chi connectivity index (χ2v) is 12.1. The molecule has 0 saturated carbocycles. The smallest absolute Gasteiger partial charge is 0.137 e. The molecule has 0 aromatic heterocycles. The minimum Gasteiger partial charge on any atom is -0.179 e. The van der Waals surface area contributed by atoms with Crippen molar-refractivity contribution in [1.29, 1.82) is 0 Å². The molecule has 0 nitrogen and oxygen atoms in total. The van der Waals surface area contributed by atoms with E-state index in [4.69, 9.17) is 0 Å². The van der Waals surface area contributed by atoms with Crippen molar-refractivity contribution in [2.75, 3.05) is 5.75 Å². The van der Waals surface area contributed by atoms with E-state index < -0.39 is 0 Å². The van der Waals surface area contributed by atoms with Gasteiger partial charge in [-0.2, -0.15) is 12.6 Å². The van der Waals surface area contributed by atoms with Gasteiger partial charge in [-0.1, -0.05) is 93.2 Å². The summed E-state index contributed by atoms with van der Waals surface area (Å²) in [5.41, 5.74) is 0. The number of thiol groups is 1. The van der Waals surface area contributed by atoms with Crippen LogP contribution in [0.1, 0.15) is 64.7 Å². The van der Waals surface area contributed by atoms with Crippen LogP contribution in [0, 0.1) is 5.92 Å². The van der Waals surface area contributed by atoms with Gasteiger partial charge in [0.1, 0.15) is 2.14 Å². The van der Waals surface area contributed by atoms with Crippen LogP contribution in [-0.4, -0.2) is 7.90 Å². The van der Waals surface area contributed by atoms with Crippen LogP contribution in [0.25, 0.3) is 0 Å². The predicted octanol–water partition coefficient (Wildman–Crippen LogP) is 6.90. The van der Waals surface area contributed by atoms with Crippen LogP contribution in [0.5, 0.6) is 0 Å². The Labute approximate surface area is 138 Å². The zero-order valence-electron chi connectivity index (χ0n) is 10.7. The summed E-state index contributed by atoms with van der Waals surface area (Å²) in [4.78, 5) is 0. The van der Waals surface area contributed by atoms with Crippen molar-refractivity contribution >= 4 is 60.4 Å². The highest BCUT2D eigenvalue weighted by Gasteiger charge is 2.29. The molecule has 0 fully saturated rings. The molecule has 0 heterocycles. The lowest BCUT2D eigenvalue weighted by molar-refractivity contribution is 0.444. The molecule has 0 rings (SSSR count). The summed E-state index contributed by atoms with van der Waals surface area (Å²) in [5.74, 6) is 1.62. The van der Waals surface area contributed by atoms with Crippen molar-refractivity contribution < 1.29 is 0 Å². The van der Waals surface area contributed by atoms with Crippen LogP contribution in [-0.2, 0) is 0 Å². The average Bonchev–Trinajstić information content (AvgIpc) is 2.25. The number of alkyl halides is 3. The number of hydrogen-bond donors (Lipinski definition) is 1. The fourth-order valence-corrected chi connectivity index (χ4v) is 3.54. The molecule has 1 atom stereocenters. The van der Waals surface area contributed by atoms with E-state index >= 15 is 0 Å². The molecule has 0 aromatic rings. The molecular formula is C13H25Br3S. The Kier molecular flexibility index (Phi) is 12.8. The van der Waals surface area contributed by atoms with Gasteiger partial charge in [-0.05, 0) is 30.9 Å². The van der Waals surface area contributed by atoms with Crippen molar-refractivity contribution in [3.05, 3.63) is 0 Å². The monoisotopic (exact) mass is 450 g/mol. The van der Waals surface area contributed by atoms with Crippen molar-refractivity contribution in [3.63, 3.8) is 0 Å². The topological polar surface area (TPSA) is 0 Å². The van der Waals surface area contributed by atoms with Crippen LogP contribution >= 0.6 is 60.4 Å². The maximum atomic E-state index is 4.29. The molecule has 0 aliphatic heterocycles. The number of hydrogen-bond acceptors (Lipinski definition) is 1. The third-order valence-corrected chi connectivity index (χ3v) is 5.34. The second kappa shape index (κ2) is 11.6. The molecule has 17 heavy (non-hydrogen) atoms. The van der Waals surface area contributed by atoms with E-state index in [9.17, 15) is 0 Å². The Morgan fingerprint density at radius 2 is 1.41 bits per heavy atom. The van der Waals surface area contributed by atoms with Gasteiger partial charge < -0.3 is 0 Å². The molecule has 104 valence electrons. The molecule has 0 aromatic carbocycles. The third-order valence-electron chi connectivity index (χ3n) is 3.08. The lowest BCUT2D eigenvalue weighted by atomic mass is 9.98. The number of halogens is 3. The van der Waals surface area contributed by atoms with E-state index in [0.717, 1.165) is 5.75 Å². The van der Waals surface area contributed by atoms with E-state index in [0.29, 0.717) is 5.92 Å². The summed E-state index contributed by atoms with van der Waals surface area (Å²) in [6.45, 7) is 2.27. The quantitative estimate of drug-likeness (QED) is 0.208. The Morgan fingerprint density at radius 3 is 1.94 bits per heavy atom. The van der Waals surface area contributed by atoms with Crippen LogP contribution in [0.4, 0.5) is 0 Å². The Morgan fingerprint density at radius 1 is 0.882 bits per heavy atom. The van der Waals surface area contributed by atoms with Gasteiger partial charge in [0.15, 0.2) is 0 Å². The highest BCUT2D eigenvalue weighted by molar-refractivity contribution is 9.39. The SMILES string of the molecule is CCCCCCCCC(CCCS)C(Br)(Br)Br. The summed E-state index contributed by atoms with van der Waals surface area (Å²) in [7, 11) is 0. The predicted molar refractivity (Wildman–Crippen MR) is 94.1 cm³/mol. The molecule has 0 amide bonds. The lowest BCUT2D eigenvalue weighted by Gasteiger charge is -2.25. The van der Waals surface area contributed by atoms with Gasteiger partial charge in [0.25, 0.3) is 0 Å². The van der Waals surface area contributed by atoms with Crippen LogP contribution in [0.3, 0.4) is 0 Å². The Hall–Kier alpha value is 1.79. The summed E-state index contributed by atoms with van der Waals surface area (Å²) in [6.07, 6.45) is 11.9. The average molecular weight is 453 g/mol. The maximum Gasteiger partial charge on any atom is 0.137 e. The van der Waals surface area contributed by atoms with Gasteiger partial charge in [0.2, 0.25) is 0 Å². The normalized spacial score (nSPS) is 13.9. The molecular weight excluding hydrogens is 428 g/mol. The van der Waals surface area contributed by atoms with E-state index in [-0.39, 0.29) is 2.14 Å². The zero-order valence-corrected chi connectivity index (χ0v) is 16.4. The van der Waals surface area contributed by atoms with Gasteiger partial charge in [0, 0.05) is 0 Å². The maximum absolute atomic E-state index is 4.29. The molecule has 1 unspecified atom stereocenters. The molecule has 0 saturated heterocycles. The van der Waals surface area contributed by atoms with E-state index in [1.54, 1.807) is 0 Å². The highest BCUT2D eigenvalue weighted by Crippen LogP contribution is 2.45. The molecule has 0 N–H and O–H groups in total. The standard InChI is InChI=1S/C13H25Br3S/c1-2-3-4-5-6-7-9-12(10-8-11-17)13(14,15)16/h12,17H,2-11H2,1H3.